The average molecular weight is 259 g/mol. The van der Waals surface area contributed by atoms with E-state index in [1.165, 1.54) is 0 Å². The molecular weight excluding hydrogens is 238 g/mol. The molecule has 0 spiro atoms. The number of hydrogen-bond acceptors (Lipinski definition) is 2. The number of aromatic amines is 1. The topological polar surface area (TPSA) is 62.1 Å². The summed E-state index contributed by atoms with van der Waals surface area (Å²) in [5.41, 5.74) is 8.03. The van der Waals surface area contributed by atoms with Crippen molar-refractivity contribution in [2.24, 2.45) is 0 Å². The Labute approximate surface area is 113 Å². The number of benzene rings is 1. The average Bonchev–Trinajstić information content (AvgIpc) is 2.77. The fraction of sp³-hybridized carbons (Fsp3) is 0.400. The van der Waals surface area contributed by atoms with Crippen molar-refractivity contribution in [3.8, 4) is 0 Å². The second-order valence-corrected chi connectivity index (χ2v) is 5.12. The number of anilines is 1. The molecule has 1 aromatic carbocycles. The quantitative estimate of drug-likeness (QED) is 0.829. The summed E-state index contributed by atoms with van der Waals surface area (Å²) in [6.45, 7) is 6.92. The molecule has 0 fully saturated rings. The number of nitrogen functional groups attached to an aromatic ring is 1. The zero-order chi connectivity index (χ0) is 14.0. The number of carbonyl (C=O) groups excluding carboxylic acids is 1. The number of nitrogens with one attached hydrogen (secondary N) is 1. The van der Waals surface area contributed by atoms with E-state index in [4.69, 9.17) is 5.73 Å². The Kier molecular flexibility index (Phi) is 3.79. The number of H-pyrrole nitrogens is 1. The van der Waals surface area contributed by atoms with Gasteiger partial charge >= 0.3 is 0 Å². The molecule has 1 aromatic heterocycles. The van der Waals surface area contributed by atoms with Crippen LogP contribution in [0.5, 0.6) is 0 Å². The van der Waals surface area contributed by atoms with Crippen LogP contribution in [0.25, 0.3) is 10.9 Å². The smallest absolute Gasteiger partial charge is 0.270 e. The van der Waals surface area contributed by atoms with E-state index in [0.29, 0.717) is 11.4 Å². The van der Waals surface area contributed by atoms with Crippen LogP contribution in [0, 0.1) is 0 Å². The Morgan fingerprint density at radius 1 is 1.37 bits per heavy atom. The van der Waals surface area contributed by atoms with Crippen molar-refractivity contribution in [3.05, 3.63) is 30.0 Å². The van der Waals surface area contributed by atoms with E-state index < -0.39 is 0 Å². The predicted molar refractivity (Wildman–Crippen MR) is 79.2 cm³/mol. The van der Waals surface area contributed by atoms with Gasteiger partial charge in [-0.3, -0.25) is 4.79 Å². The first kappa shape index (κ1) is 13.5. The molecule has 0 saturated carbocycles. The third-order valence-electron chi connectivity index (χ3n) is 3.22. The molecule has 4 heteroatoms. The molecule has 0 unspecified atom stereocenters. The van der Waals surface area contributed by atoms with Crippen LogP contribution >= 0.6 is 0 Å². The number of amides is 1. The van der Waals surface area contributed by atoms with Crippen molar-refractivity contribution >= 4 is 22.5 Å². The van der Waals surface area contributed by atoms with Gasteiger partial charge in [-0.2, -0.15) is 0 Å². The summed E-state index contributed by atoms with van der Waals surface area (Å²) < 4.78 is 0. The fourth-order valence-electron chi connectivity index (χ4n) is 2.26. The van der Waals surface area contributed by atoms with Crippen LogP contribution in [-0.4, -0.2) is 28.4 Å². The minimum absolute atomic E-state index is 0.0478. The first-order valence-electron chi connectivity index (χ1n) is 6.72. The largest absolute Gasteiger partial charge is 0.399 e. The highest BCUT2D eigenvalue weighted by molar-refractivity contribution is 5.98. The number of aromatic nitrogens is 1. The summed E-state index contributed by atoms with van der Waals surface area (Å²) in [7, 11) is 0. The Bertz CT molecular complexity index is 586. The SMILES string of the molecule is CCCN(C(=O)c1cc2cc(N)ccc2[nH]1)C(C)C. The van der Waals surface area contributed by atoms with Gasteiger partial charge in [-0.15, -0.1) is 0 Å². The van der Waals surface area contributed by atoms with Crippen LogP contribution in [-0.2, 0) is 0 Å². The highest BCUT2D eigenvalue weighted by Gasteiger charge is 2.19. The van der Waals surface area contributed by atoms with Gasteiger partial charge in [0.15, 0.2) is 0 Å². The van der Waals surface area contributed by atoms with Crippen LogP contribution in [0.2, 0.25) is 0 Å². The second-order valence-electron chi connectivity index (χ2n) is 5.12. The van der Waals surface area contributed by atoms with Gasteiger partial charge in [-0.1, -0.05) is 6.92 Å². The molecule has 0 aliphatic rings. The highest BCUT2D eigenvalue weighted by atomic mass is 16.2. The lowest BCUT2D eigenvalue weighted by Gasteiger charge is -2.25. The van der Waals surface area contributed by atoms with E-state index in [2.05, 4.69) is 11.9 Å². The maximum Gasteiger partial charge on any atom is 0.270 e. The van der Waals surface area contributed by atoms with Gasteiger partial charge in [0, 0.05) is 29.2 Å². The molecule has 0 aliphatic heterocycles. The summed E-state index contributed by atoms with van der Waals surface area (Å²) >= 11 is 0. The van der Waals surface area contributed by atoms with Gasteiger partial charge in [0.2, 0.25) is 0 Å². The zero-order valence-corrected chi connectivity index (χ0v) is 11.7. The highest BCUT2D eigenvalue weighted by Crippen LogP contribution is 2.20. The van der Waals surface area contributed by atoms with Crippen LogP contribution in [0.1, 0.15) is 37.7 Å². The molecule has 3 N–H and O–H groups in total. The normalized spacial score (nSPS) is 11.2. The van der Waals surface area contributed by atoms with Crippen molar-refractivity contribution in [2.75, 3.05) is 12.3 Å². The van der Waals surface area contributed by atoms with E-state index in [-0.39, 0.29) is 11.9 Å². The van der Waals surface area contributed by atoms with E-state index in [9.17, 15) is 4.79 Å². The number of rotatable bonds is 4. The molecule has 0 aliphatic carbocycles. The van der Waals surface area contributed by atoms with Crippen molar-refractivity contribution in [3.63, 3.8) is 0 Å². The van der Waals surface area contributed by atoms with Crippen LogP contribution in [0.3, 0.4) is 0 Å². The molecule has 1 amide bonds. The first-order chi connectivity index (χ1) is 9.02. The Hall–Kier alpha value is -1.97. The molecule has 0 atom stereocenters. The number of carbonyl (C=O) groups is 1. The van der Waals surface area contributed by atoms with Crippen LogP contribution in [0.15, 0.2) is 24.3 Å². The summed E-state index contributed by atoms with van der Waals surface area (Å²) in [6.07, 6.45) is 0.955. The number of hydrogen-bond donors (Lipinski definition) is 2. The summed E-state index contributed by atoms with van der Waals surface area (Å²) in [5, 5.41) is 0.976. The van der Waals surface area contributed by atoms with Gasteiger partial charge < -0.3 is 15.6 Å². The fourth-order valence-corrected chi connectivity index (χ4v) is 2.26. The second kappa shape index (κ2) is 5.34. The minimum Gasteiger partial charge on any atom is -0.399 e. The number of nitrogens with two attached hydrogens (primary N) is 1. The molecule has 2 aromatic rings. The van der Waals surface area contributed by atoms with Gasteiger partial charge in [0.1, 0.15) is 5.69 Å². The van der Waals surface area contributed by atoms with Crippen molar-refractivity contribution < 1.29 is 4.79 Å². The minimum atomic E-state index is 0.0478. The van der Waals surface area contributed by atoms with Gasteiger partial charge in [0.25, 0.3) is 5.91 Å². The summed E-state index contributed by atoms with van der Waals surface area (Å²) in [4.78, 5) is 17.5. The van der Waals surface area contributed by atoms with E-state index >= 15 is 0 Å². The molecule has 19 heavy (non-hydrogen) atoms. The first-order valence-corrected chi connectivity index (χ1v) is 6.72. The maximum absolute atomic E-state index is 12.5. The lowest BCUT2D eigenvalue weighted by Crippen LogP contribution is -2.37. The van der Waals surface area contributed by atoms with E-state index in [1.807, 2.05) is 43.0 Å². The Morgan fingerprint density at radius 2 is 2.11 bits per heavy atom. The summed E-state index contributed by atoms with van der Waals surface area (Å²) in [6, 6.07) is 7.69. The molecule has 102 valence electrons. The summed E-state index contributed by atoms with van der Waals surface area (Å²) in [5.74, 6) is 0.0478. The molecular formula is C15H21N3O. The van der Waals surface area contributed by atoms with Crippen LogP contribution in [0.4, 0.5) is 5.69 Å². The van der Waals surface area contributed by atoms with Crippen LogP contribution < -0.4 is 5.73 Å². The van der Waals surface area contributed by atoms with E-state index in [0.717, 1.165) is 23.9 Å². The predicted octanol–water partition coefficient (Wildman–Crippen LogP) is 3.01. The lowest BCUT2D eigenvalue weighted by molar-refractivity contribution is 0.0701. The van der Waals surface area contributed by atoms with Crippen molar-refractivity contribution in [1.82, 2.24) is 9.88 Å². The Balaban J connectivity index is 2.34. The number of nitrogens with zero attached hydrogens (tertiary/aromatic N) is 1. The molecule has 4 nitrogen and oxygen atoms in total. The van der Waals surface area contributed by atoms with E-state index in [1.54, 1.807) is 0 Å². The third-order valence-corrected chi connectivity index (χ3v) is 3.22. The zero-order valence-electron chi connectivity index (χ0n) is 11.7. The lowest BCUT2D eigenvalue weighted by atomic mass is 10.2. The van der Waals surface area contributed by atoms with Gasteiger partial charge in [0.05, 0.1) is 0 Å². The monoisotopic (exact) mass is 259 g/mol. The molecule has 0 radical (unpaired) electrons. The van der Waals surface area contributed by atoms with Gasteiger partial charge in [-0.05, 0) is 44.5 Å². The van der Waals surface area contributed by atoms with Gasteiger partial charge in [-0.25, -0.2) is 0 Å². The van der Waals surface area contributed by atoms with Crippen molar-refractivity contribution in [2.45, 2.75) is 33.2 Å². The molecule has 0 saturated heterocycles. The third kappa shape index (κ3) is 2.72. The standard InChI is InChI=1S/C15H21N3O/c1-4-7-18(10(2)3)15(19)14-9-11-8-12(16)5-6-13(11)17-14/h5-6,8-10,17H,4,7,16H2,1-3H3. The van der Waals surface area contributed by atoms with Crippen molar-refractivity contribution in [1.29, 1.82) is 0 Å². The maximum atomic E-state index is 12.5. The molecule has 2 rings (SSSR count). The molecule has 0 bridgehead atoms. The Morgan fingerprint density at radius 3 is 2.74 bits per heavy atom. The number of fused-ring (bicyclic) bond motifs is 1. The molecule has 1 heterocycles.